The van der Waals surface area contributed by atoms with Gasteiger partial charge >= 0.3 is 0 Å². The molecule has 5 heteroatoms. The van der Waals surface area contributed by atoms with E-state index in [-0.39, 0.29) is 0 Å². The van der Waals surface area contributed by atoms with Crippen LogP contribution in [0.4, 0.5) is 5.69 Å². The Bertz CT molecular complexity index is 407. The molecular formula is C9H8N4O. The molecule has 0 saturated carbocycles. The molecule has 2 aromatic rings. The lowest BCUT2D eigenvalue weighted by Crippen LogP contribution is -1.83. The summed E-state index contributed by atoms with van der Waals surface area (Å²) in [5.74, 6) is 1.19. The molecule has 0 saturated heterocycles. The molecular weight excluding hydrogens is 180 g/mol. The fourth-order valence-corrected chi connectivity index (χ4v) is 1.01. The number of rotatable bonds is 3. The van der Waals surface area contributed by atoms with Crippen molar-refractivity contribution < 1.29 is 4.74 Å². The zero-order valence-electron chi connectivity index (χ0n) is 7.27. The molecule has 0 amide bonds. The molecule has 5 nitrogen and oxygen atoms in total. The first kappa shape index (κ1) is 8.43. The van der Waals surface area contributed by atoms with E-state index in [1.165, 1.54) is 0 Å². The van der Waals surface area contributed by atoms with Crippen LogP contribution in [0, 0.1) is 5.53 Å². The Morgan fingerprint density at radius 1 is 1.21 bits per heavy atom. The van der Waals surface area contributed by atoms with Crippen LogP contribution in [0.1, 0.15) is 0 Å². The molecule has 0 unspecified atom stereocenters. The first-order valence-electron chi connectivity index (χ1n) is 4.03. The summed E-state index contributed by atoms with van der Waals surface area (Å²) < 4.78 is 5.37. The van der Waals surface area contributed by atoms with E-state index in [9.17, 15) is 0 Å². The summed E-state index contributed by atoms with van der Waals surface area (Å²) in [7, 11) is 0. The first-order chi connectivity index (χ1) is 6.88. The third kappa shape index (κ3) is 1.77. The van der Waals surface area contributed by atoms with Gasteiger partial charge in [0, 0.05) is 12.3 Å². The minimum atomic E-state index is 0.514. The summed E-state index contributed by atoms with van der Waals surface area (Å²) in [6.45, 7) is 0. The van der Waals surface area contributed by atoms with Gasteiger partial charge in [-0.25, -0.2) is 5.53 Å². The standard InChI is InChI=1S/C9H8N4O/c10-12-7-1-3-8(4-2-7)14-9-5-6-11-13-9/h1-6,10H,(H,11,13). The van der Waals surface area contributed by atoms with Crippen LogP contribution >= 0.6 is 0 Å². The quantitative estimate of drug-likeness (QED) is 0.726. The number of ether oxygens (including phenoxy) is 1. The third-order valence-corrected chi connectivity index (χ3v) is 1.66. The summed E-state index contributed by atoms with van der Waals surface area (Å²) >= 11 is 0. The SMILES string of the molecule is N=Nc1ccc(Oc2cc[nH]n2)cc1. The van der Waals surface area contributed by atoms with Crippen LogP contribution < -0.4 is 4.74 Å². The number of nitrogens with zero attached hydrogens (tertiary/aromatic N) is 2. The van der Waals surface area contributed by atoms with Gasteiger partial charge in [0.25, 0.3) is 0 Å². The number of hydrogen-bond donors (Lipinski definition) is 2. The van der Waals surface area contributed by atoms with Gasteiger partial charge in [0.15, 0.2) is 0 Å². The molecule has 70 valence electrons. The second-order valence-electron chi connectivity index (χ2n) is 2.62. The maximum atomic E-state index is 6.78. The van der Waals surface area contributed by atoms with E-state index in [0.717, 1.165) is 0 Å². The minimum absolute atomic E-state index is 0.514. The summed E-state index contributed by atoms with van der Waals surface area (Å²) in [6.07, 6.45) is 1.68. The van der Waals surface area contributed by atoms with Crippen molar-refractivity contribution in [1.82, 2.24) is 10.2 Å². The maximum Gasteiger partial charge on any atom is 0.237 e. The summed E-state index contributed by atoms with van der Waals surface area (Å²) in [5.41, 5.74) is 7.37. The van der Waals surface area contributed by atoms with Gasteiger partial charge in [-0.2, -0.15) is 5.11 Å². The van der Waals surface area contributed by atoms with Crippen molar-refractivity contribution in [1.29, 1.82) is 5.53 Å². The predicted molar refractivity (Wildman–Crippen MR) is 49.9 cm³/mol. The van der Waals surface area contributed by atoms with Gasteiger partial charge in [-0.15, -0.1) is 5.10 Å². The molecule has 1 heterocycles. The van der Waals surface area contributed by atoms with Gasteiger partial charge < -0.3 is 4.74 Å². The topological polar surface area (TPSA) is 74.1 Å². The summed E-state index contributed by atoms with van der Waals surface area (Å²) in [6, 6.07) is 8.61. The predicted octanol–water partition coefficient (Wildman–Crippen LogP) is 2.86. The molecule has 0 spiro atoms. The number of benzene rings is 1. The summed E-state index contributed by atoms with van der Waals surface area (Å²) in [4.78, 5) is 0. The zero-order chi connectivity index (χ0) is 9.80. The first-order valence-corrected chi connectivity index (χ1v) is 4.03. The maximum absolute atomic E-state index is 6.78. The van der Waals surface area contributed by atoms with Gasteiger partial charge in [0.05, 0.1) is 5.69 Å². The van der Waals surface area contributed by atoms with Gasteiger partial charge in [0.2, 0.25) is 5.88 Å². The van der Waals surface area contributed by atoms with Crippen molar-refractivity contribution >= 4 is 5.69 Å². The lowest BCUT2D eigenvalue weighted by atomic mass is 10.3. The van der Waals surface area contributed by atoms with Crippen LogP contribution in [0.5, 0.6) is 11.6 Å². The molecule has 14 heavy (non-hydrogen) atoms. The average molecular weight is 188 g/mol. The Labute approximate surface area is 80.2 Å². The smallest absolute Gasteiger partial charge is 0.237 e. The fraction of sp³-hybridized carbons (Fsp3) is 0. The van der Waals surface area contributed by atoms with E-state index in [1.807, 2.05) is 0 Å². The van der Waals surface area contributed by atoms with Gasteiger partial charge in [-0.1, -0.05) is 0 Å². The molecule has 0 aliphatic heterocycles. The number of aromatic amines is 1. The lowest BCUT2D eigenvalue weighted by molar-refractivity contribution is 0.461. The highest BCUT2D eigenvalue weighted by Crippen LogP contribution is 2.21. The highest BCUT2D eigenvalue weighted by molar-refractivity contribution is 5.41. The molecule has 2 N–H and O–H groups in total. The molecule has 0 fully saturated rings. The molecule has 0 aliphatic carbocycles. The monoisotopic (exact) mass is 188 g/mol. The van der Waals surface area contributed by atoms with Gasteiger partial charge in [-0.05, 0) is 24.3 Å². The van der Waals surface area contributed by atoms with Crippen LogP contribution in [-0.4, -0.2) is 10.2 Å². The van der Waals surface area contributed by atoms with E-state index >= 15 is 0 Å². The number of hydrogen-bond acceptors (Lipinski definition) is 4. The van der Waals surface area contributed by atoms with E-state index in [1.54, 1.807) is 36.5 Å². The molecule has 2 rings (SSSR count). The van der Waals surface area contributed by atoms with Crippen LogP contribution in [0.15, 0.2) is 41.6 Å². The second-order valence-corrected chi connectivity index (χ2v) is 2.62. The molecule has 1 aromatic heterocycles. The lowest BCUT2D eigenvalue weighted by Gasteiger charge is -2.00. The Morgan fingerprint density at radius 3 is 2.57 bits per heavy atom. The van der Waals surface area contributed by atoms with Crippen LogP contribution in [-0.2, 0) is 0 Å². The fourth-order valence-electron chi connectivity index (χ4n) is 1.01. The van der Waals surface area contributed by atoms with Gasteiger partial charge in [0.1, 0.15) is 5.75 Å². The third-order valence-electron chi connectivity index (χ3n) is 1.66. The Kier molecular flexibility index (Phi) is 2.22. The van der Waals surface area contributed by atoms with E-state index in [2.05, 4.69) is 15.3 Å². The van der Waals surface area contributed by atoms with E-state index in [0.29, 0.717) is 17.3 Å². The van der Waals surface area contributed by atoms with Crippen molar-refractivity contribution in [2.75, 3.05) is 0 Å². The van der Waals surface area contributed by atoms with Crippen molar-refractivity contribution in [2.24, 2.45) is 5.11 Å². The van der Waals surface area contributed by atoms with E-state index < -0.39 is 0 Å². The largest absolute Gasteiger partial charge is 0.438 e. The van der Waals surface area contributed by atoms with Crippen LogP contribution in [0.25, 0.3) is 0 Å². The molecule has 0 bridgehead atoms. The second kappa shape index (κ2) is 3.69. The molecule has 1 aromatic carbocycles. The number of H-pyrrole nitrogens is 1. The summed E-state index contributed by atoms with van der Waals surface area (Å²) in [5, 5.41) is 9.78. The van der Waals surface area contributed by atoms with Crippen LogP contribution in [0.2, 0.25) is 0 Å². The Balaban J connectivity index is 2.14. The van der Waals surface area contributed by atoms with Crippen molar-refractivity contribution in [3.8, 4) is 11.6 Å². The van der Waals surface area contributed by atoms with Crippen molar-refractivity contribution in [2.45, 2.75) is 0 Å². The highest BCUT2D eigenvalue weighted by atomic mass is 16.5. The number of nitrogens with one attached hydrogen (secondary N) is 2. The van der Waals surface area contributed by atoms with Gasteiger partial charge in [-0.3, -0.25) is 5.10 Å². The van der Waals surface area contributed by atoms with E-state index in [4.69, 9.17) is 10.3 Å². The highest BCUT2D eigenvalue weighted by Gasteiger charge is 1.97. The van der Waals surface area contributed by atoms with Crippen molar-refractivity contribution in [3.63, 3.8) is 0 Å². The Morgan fingerprint density at radius 2 is 2.00 bits per heavy atom. The number of aromatic nitrogens is 2. The van der Waals surface area contributed by atoms with Crippen LogP contribution in [0.3, 0.4) is 0 Å². The molecule has 0 atom stereocenters. The minimum Gasteiger partial charge on any atom is -0.438 e. The zero-order valence-corrected chi connectivity index (χ0v) is 7.27. The van der Waals surface area contributed by atoms with Crippen molar-refractivity contribution in [3.05, 3.63) is 36.5 Å². The molecule has 0 radical (unpaired) electrons. The average Bonchev–Trinajstić information content (AvgIpc) is 2.72. The molecule has 0 aliphatic rings. The normalized spacial score (nSPS) is 9.71. The Hall–Kier alpha value is -2.17.